The molecule has 0 saturated carbocycles. The van der Waals surface area contributed by atoms with E-state index < -0.39 is 0 Å². The highest BCUT2D eigenvalue weighted by molar-refractivity contribution is 7.98. The monoisotopic (exact) mass is 462 g/mol. The van der Waals surface area contributed by atoms with Crippen molar-refractivity contribution in [3.63, 3.8) is 0 Å². The molecule has 2 aromatic heterocycles. The normalized spacial score (nSPS) is 11.1. The standard InChI is InChI=1S/C24H26N6O2S/c1-13-6-8-17(9-7-13)22-27-23(32-29-22)19-21(25)30(28-24(19)33-5)12-18(31)26-20-15(3)10-14(2)11-16(20)4/h6-11H,12,25H2,1-5H3,(H,26,31). The molecule has 0 fully saturated rings. The molecule has 1 amide bonds. The molecule has 0 bridgehead atoms. The van der Waals surface area contributed by atoms with E-state index in [1.807, 2.05) is 70.3 Å². The van der Waals surface area contributed by atoms with Gasteiger partial charge in [-0.3, -0.25) is 4.79 Å². The third-order valence-corrected chi connectivity index (χ3v) is 6.01. The molecule has 8 nitrogen and oxygen atoms in total. The molecule has 0 saturated heterocycles. The van der Waals surface area contributed by atoms with Crippen LogP contribution in [-0.2, 0) is 11.3 Å². The van der Waals surface area contributed by atoms with Gasteiger partial charge in [-0.05, 0) is 45.1 Å². The van der Waals surface area contributed by atoms with Crippen LogP contribution in [0.5, 0.6) is 0 Å². The predicted molar refractivity (Wildman–Crippen MR) is 131 cm³/mol. The van der Waals surface area contributed by atoms with Crippen molar-refractivity contribution in [2.24, 2.45) is 0 Å². The highest BCUT2D eigenvalue weighted by Crippen LogP contribution is 2.35. The zero-order valence-corrected chi connectivity index (χ0v) is 20.1. The van der Waals surface area contributed by atoms with E-state index in [0.717, 1.165) is 33.5 Å². The molecule has 0 spiro atoms. The first-order valence-corrected chi connectivity index (χ1v) is 11.7. The molecular weight excluding hydrogens is 436 g/mol. The average Bonchev–Trinajstić information content (AvgIpc) is 3.36. The Balaban J connectivity index is 1.59. The van der Waals surface area contributed by atoms with Crippen molar-refractivity contribution in [2.75, 3.05) is 17.3 Å². The van der Waals surface area contributed by atoms with Crippen molar-refractivity contribution in [1.29, 1.82) is 0 Å². The first-order valence-electron chi connectivity index (χ1n) is 10.5. The van der Waals surface area contributed by atoms with E-state index in [-0.39, 0.29) is 18.3 Å². The second kappa shape index (κ2) is 9.11. The molecule has 4 aromatic rings. The lowest BCUT2D eigenvalue weighted by Crippen LogP contribution is -2.21. The third-order valence-electron chi connectivity index (χ3n) is 5.34. The summed E-state index contributed by atoms with van der Waals surface area (Å²) in [6.07, 6.45) is 1.88. The number of nitrogens with one attached hydrogen (secondary N) is 1. The van der Waals surface area contributed by atoms with E-state index in [1.54, 1.807) is 0 Å². The summed E-state index contributed by atoms with van der Waals surface area (Å²) in [4.78, 5) is 17.3. The Morgan fingerprint density at radius 2 is 1.76 bits per heavy atom. The summed E-state index contributed by atoms with van der Waals surface area (Å²) in [5.74, 6) is 0.812. The van der Waals surface area contributed by atoms with Crippen LogP contribution in [0.25, 0.3) is 22.8 Å². The molecule has 0 atom stereocenters. The first-order chi connectivity index (χ1) is 15.8. The van der Waals surface area contributed by atoms with Crippen LogP contribution >= 0.6 is 11.8 Å². The molecule has 0 aliphatic carbocycles. The highest BCUT2D eigenvalue weighted by atomic mass is 32.2. The number of carbonyl (C=O) groups is 1. The van der Waals surface area contributed by atoms with Crippen LogP contribution in [-0.4, -0.2) is 32.1 Å². The Labute approximate surface area is 196 Å². The Bertz CT molecular complexity index is 1300. The van der Waals surface area contributed by atoms with Crippen LogP contribution in [0.3, 0.4) is 0 Å². The number of nitrogens with two attached hydrogens (primary N) is 1. The summed E-state index contributed by atoms with van der Waals surface area (Å²) < 4.78 is 6.97. The SMILES string of the molecule is CSc1nn(CC(=O)Nc2c(C)cc(C)cc2C)c(N)c1-c1nc(-c2ccc(C)cc2)no1. The van der Waals surface area contributed by atoms with Crippen molar-refractivity contribution in [3.8, 4) is 22.8 Å². The van der Waals surface area contributed by atoms with Gasteiger partial charge in [-0.2, -0.15) is 10.1 Å². The highest BCUT2D eigenvalue weighted by Gasteiger charge is 2.24. The van der Waals surface area contributed by atoms with E-state index in [4.69, 9.17) is 10.3 Å². The summed E-state index contributed by atoms with van der Waals surface area (Å²) in [5, 5.41) is 12.2. The average molecular weight is 463 g/mol. The zero-order valence-electron chi connectivity index (χ0n) is 19.3. The van der Waals surface area contributed by atoms with Gasteiger partial charge in [0.2, 0.25) is 11.7 Å². The topological polar surface area (TPSA) is 112 Å². The zero-order chi connectivity index (χ0) is 23.7. The van der Waals surface area contributed by atoms with E-state index >= 15 is 0 Å². The minimum Gasteiger partial charge on any atom is -0.383 e. The molecular formula is C24H26N6O2S. The fraction of sp³-hybridized carbons (Fsp3) is 0.250. The van der Waals surface area contributed by atoms with Crippen molar-refractivity contribution in [1.82, 2.24) is 19.9 Å². The van der Waals surface area contributed by atoms with E-state index in [9.17, 15) is 4.79 Å². The van der Waals surface area contributed by atoms with Crippen LogP contribution < -0.4 is 11.1 Å². The van der Waals surface area contributed by atoms with Crippen molar-refractivity contribution >= 4 is 29.2 Å². The number of nitrogens with zero attached hydrogens (tertiary/aromatic N) is 4. The minimum atomic E-state index is -0.218. The maximum absolute atomic E-state index is 12.8. The van der Waals surface area contributed by atoms with Gasteiger partial charge < -0.3 is 15.6 Å². The van der Waals surface area contributed by atoms with E-state index in [0.29, 0.717) is 22.2 Å². The molecule has 170 valence electrons. The maximum Gasteiger partial charge on any atom is 0.264 e. The number of rotatable bonds is 6. The molecule has 0 unspecified atom stereocenters. The molecule has 9 heteroatoms. The molecule has 0 aliphatic heterocycles. The van der Waals surface area contributed by atoms with Gasteiger partial charge in [0.05, 0.1) is 0 Å². The Morgan fingerprint density at radius 1 is 1.09 bits per heavy atom. The quantitative estimate of drug-likeness (QED) is 0.397. The minimum absolute atomic E-state index is 0.0366. The number of nitrogen functional groups attached to an aromatic ring is 1. The number of benzene rings is 2. The summed E-state index contributed by atoms with van der Waals surface area (Å²) >= 11 is 1.40. The largest absolute Gasteiger partial charge is 0.383 e. The first kappa shape index (κ1) is 22.6. The maximum atomic E-state index is 12.8. The number of aryl methyl sites for hydroxylation is 4. The fourth-order valence-corrected chi connectivity index (χ4v) is 4.33. The molecule has 0 radical (unpaired) electrons. The molecule has 3 N–H and O–H groups in total. The molecule has 33 heavy (non-hydrogen) atoms. The van der Waals surface area contributed by atoms with E-state index in [1.165, 1.54) is 16.4 Å². The van der Waals surface area contributed by atoms with Crippen LogP contribution in [0.15, 0.2) is 45.9 Å². The lowest BCUT2D eigenvalue weighted by molar-refractivity contribution is -0.116. The lowest BCUT2D eigenvalue weighted by atomic mass is 10.1. The van der Waals surface area contributed by atoms with Gasteiger partial charge in [-0.1, -0.05) is 52.7 Å². The van der Waals surface area contributed by atoms with Crippen molar-refractivity contribution in [2.45, 2.75) is 39.3 Å². The van der Waals surface area contributed by atoms with Gasteiger partial charge in [0.25, 0.3) is 5.89 Å². The number of hydrogen-bond acceptors (Lipinski definition) is 7. The van der Waals surface area contributed by atoms with Crippen molar-refractivity contribution in [3.05, 3.63) is 58.7 Å². The van der Waals surface area contributed by atoms with Crippen LogP contribution in [0, 0.1) is 27.7 Å². The van der Waals surface area contributed by atoms with Gasteiger partial charge in [0, 0.05) is 11.3 Å². The molecule has 0 aliphatic rings. The Kier molecular flexibility index (Phi) is 6.24. The van der Waals surface area contributed by atoms with Crippen molar-refractivity contribution < 1.29 is 9.32 Å². The number of carbonyl (C=O) groups excluding carboxylic acids is 1. The van der Waals surface area contributed by atoms with Crippen LogP contribution in [0.2, 0.25) is 0 Å². The smallest absolute Gasteiger partial charge is 0.264 e. The van der Waals surface area contributed by atoms with Crippen LogP contribution in [0.4, 0.5) is 11.5 Å². The second-order valence-corrected chi connectivity index (χ2v) is 8.83. The summed E-state index contributed by atoms with van der Waals surface area (Å²) in [6.45, 7) is 7.96. The van der Waals surface area contributed by atoms with Gasteiger partial charge in [-0.25, -0.2) is 4.68 Å². The van der Waals surface area contributed by atoms with Gasteiger partial charge in [0.15, 0.2) is 0 Å². The predicted octanol–water partition coefficient (Wildman–Crippen LogP) is 4.78. The molecule has 4 rings (SSSR count). The summed E-state index contributed by atoms with van der Waals surface area (Å²) in [7, 11) is 0. The lowest BCUT2D eigenvalue weighted by Gasteiger charge is -2.13. The summed E-state index contributed by atoms with van der Waals surface area (Å²) in [5.41, 5.74) is 12.9. The number of hydrogen-bond donors (Lipinski definition) is 2. The number of anilines is 2. The molecule has 2 aromatic carbocycles. The molecule has 2 heterocycles. The number of amides is 1. The second-order valence-electron chi connectivity index (χ2n) is 8.04. The third kappa shape index (κ3) is 4.63. The van der Waals surface area contributed by atoms with E-state index in [2.05, 4.69) is 20.6 Å². The van der Waals surface area contributed by atoms with Gasteiger partial charge >= 0.3 is 0 Å². The number of thioether (sulfide) groups is 1. The number of aromatic nitrogens is 4. The fourth-order valence-electron chi connectivity index (χ4n) is 3.75. The summed E-state index contributed by atoms with van der Waals surface area (Å²) in [6, 6.07) is 11.9. The Morgan fingerprint density at radius 3 is 2.39 bits per heavy atom. The van der Waals surface area contributed by atoms with Gasteiger partial charge in [0.1, 0.15) is 23.0 Å². The van der Waals surface area contributed by atoms with Gasteiger partial charge in [-0.15, -0.1) is 11.8 Å². The van der Waals surface area contributed by atoms with Crippen LogP contribution in [0.1, 0.15) is 22.3 Å². The Hall–Kier alpha value is -3.59.